The summed E-state index contributed by atoms with van der Waals surface area (Å²) in [6, 6.07) is 9.27. The lowest BCUT2D eigenvalue weighted by atomic mass is 9.95. The van der Waals surface area contributed by atoms with E-state index in [2.05, 4.69) is 57.5 Å². The fourth-order valence-electron chi connectivity index (χ4n) is 4.45. The molecule has 7 heteroatoms. The summed E-state index contributed by atoms with van der Waals surface area (Å²) in [5.74, 6) is 0.608. The van der Waals surface area contributed by atoms with Crippen molar-refractivity contribution >= 4 is 17.4 Å². The minimum Gasteiger partial charge on any atom is -0.341 e. The second-order valence-corrected chi connectivity index (χ2v) is 9.02. The maximum atomic E-state index is 12.9. The lowest BCUT2D eigenvalue weighted by molar-refractivity contribution is -0.134. The van der Waals surface area contributed by atoms with Crippen LogP contribution in [-0.2, 0) is 4.79 Å². The van der Waals surface area contributed by atoms with E-state index in [9.17, 15) is 4.79 Å². The number of benzene rings is 1. The number of nitrogens with zero attached hydrogens (tertiary/aromatic N) is 5. The van der Waals surface area contributed by atoms with Crippen LogP contribution in [0, 0.1) is 6.92 Å². The summed E-state index contributed by atoms with van der Waals surface area (Å²) in [5, 5.41) is 6.24. The molecule has 0 N–H and O–H groups in total. The molecular weight excluding hydrogens is 382 g/mol. The molecule has 2 aliphatic rings. The number of hydrogen-bond donors (Lipinski definition) is 0. The molecule has 156 valence electrons. The molecule has 0 radical (unpaired) electrons. The molecule has 2 fully saturated rings. The standard InChI is InChI=1S/C22H31N5OS/c1-17-5-7-19(8-6-17)18(2)26-12-10-25(11-13-26)15-22(28)27-9-3-4-20(14-27)21-16-29-24-23-21/h5-8,16,18,20H,3-4,9-15H2,1-2H3/t18-,20+/m0/s1. The fourth-order valence-corrected chi connectivity index (χ4v) is 4.99. The third-order valence-corrected chi connectivity index (χ3v) is 6.97. The molecule has 1 aromatic carbocycles. The third kappa shape index (κ3) is 5.02. The molecule has 6 nitrogen and oxygen atoms in total. The van der Waals surface area contributed by atoms with Crippen LogP contribution >= 0.6 is 11.5 Å². The van der Waals surface area contributed by atoms with E-state index in [1.165, 1.54) is 22.7 Å². The van der Waals surface area contributed by atoms with Gasteiger partial charge in [-0.15, -0.1) is 5.10 Å². The van der Waals surface area contributed by atoms with Gasteiger partial charge >= 0.3 is 0 Å². The third-order valence-electron chi connectivity index (χ3n) is 6.44. The first-order valence-electron chi connectivity index (χ1n) is 10.7. The van der Waals surface area contributed by atoms with Gasteiger partial charge in [-0.05, 0) is 43.8 Å². The van der Waals surface area contributed by atoms with Gasteiger partial charge in [-0.1, -0.05) is 34.3 Å². The van der Waals surface area contributed by atoms with Crippen LogP contribution in [0.3, 0.4) is 0 Å². The molecule has 29 heavy (non-hydrogen) atoms. The minimum atomic E-state index is 0.262. The van der Waals surface area contributed by atoms with E-state index in [0.717, 1.165) is 57.8 Å². The Kier molecular flexibility index (Phi) is 6.57. The number of carbonyl (C=O) groups is 1. The predicted octanol–water partition coefficient (Wildman–Crippen LogP) is 2.93. The molecule has 3 heterocycles. The Morgan fingerprint density at radius 2 is 1.93 bits per heavy atom. The number of amides is 1. The lowest BCUT2D eigenvalue weighted by Crippen LogP contribution is -2.51. The van der Waals surface area contributed by atoms with Crippen molar-refractivity contribution in [3.05, 3.63) is 46.5 Å². The van der Waals surface area contributed by atoms with E-state index in [1.807, 2.05) is 10.3 Å². The van der Waals surface area contributed by atoms with Gasteiger partial charge in [0.05, 0.1) is 12.2 Å². The fraction of sp³-hybridized carbons (Fsp3) is 0.591. The van der Waals surface area contributed by atoms with Crippen LogP contribution in [0.25, 0.3) is 0 Å². The van der Waals surface area contributed by atoms with E-state index in [1.54, 1.807) is 0 Å². The number of hydrogen-bond acceptors (Lipinski definition) is 6. The Labute approximate surface area is 177 Å². The van der Waals surface area contributed by atoms with Crippen LogP contribution in [0.5, 0.6) is 0 Å². The smallest absolute Gasteiger partial charge is 0.236 e. The summed E-state index contributed by atoms with van der Waals surface area (Å²) in [6.07, 6.45) is 2.15. The van der Waals surface area contributed by atoms with Crippen molar-refractivity contribution in [1.82, 2.24) is 24.3 Å². The van der Waals surface area contributed by atoms with Crippen LogP contribution in [0.4, 0.5) is 0 Å². The second kappa shape index (κ2) is 9.32. The van der Waals surface area contributed by atoms with E-state index in [-0.39, 0.29) is 5.91 Å². The van der Waals surface area contributed by atoms with Crippen molar-refractivity contribution in [1.29, 1.82) is 0 Å². The summed E-state index contributed by atoms with van der Waals surface area (Å²) >= 11 is 1.40. The highest BCUT2D eigenvalue weighted by Crippen LogP contribution is 2.26. The van der Waals surface area contributed by atoms with E-state index in [0.29, 0.717) is 18.5 Å². The number of likely N-dealkylation sites (tertiary alicyclic amines) is 1. The zero-order chi connectivity index (χ0) is 20.2. The first kappa shape index (κ1) is 20.4. The van der Waals surface area contributed by atoms with Gasteiger partial charge in [0.1, 0.15) is 0 Å². The number of aromatic nitrogens is 2. The van der Waals surface area contributed by atoms with Gasteiger partial charge in [0.15, 0.2) is 0 Å². The first-order chi connectivity index (χ1) is 14.1. The molecule has 0 bridgehead atoms. The summed E-state index contributed by atoms with van der Waals surface area (Å²) in [5.41, 5.74) is 3.72. The van der Waals surface area contributed by atoms with E-state index >= 15 is 0 Å². The van der Waals surface area contributed by atoms with Crippen LogP contribution in [0.2, 0.25) is 0 Å². The Morgan fingerprint density at radius 1 is 1.17 bits per heavy atom. The quantitative estimate of drug-likeness (QED) is 0.754. The SMILES string of the molecule is Cc1ccc([C@H](C)N2CCN(CC(=O)N3CCC[C@@H](c4csnn4)C3)CC2)cc1. The van der Waals surface area contributed by atoms with Crippen molar-refractivity contribution in [2.75, 3.05) is 45.8 Å². The molecular formula is C22H31N5OS. The molecule has 1 amide bonds. The molecule has 0 unspecified atom stereocenters. The van der Waals surface area contributed by atoms with E-state index < -0.39 is 0 Å². The molecule has 0 spiro atoms. The molecule has 2 saturated heterocycles. The molecule has 2 atom stereocenters. The van der Waals surface area contributed by atoms with Crippen molar-refractivity contribution < 1.29 is 4.79 Å². The highest BCUT2D eigenvalue weighted by Gasteiger charge is 2.28. The number of carbonyl (C=O) groups excluding carboxylic acids is 1. The monoisotopic (exact) mass is 413 g/mol. The maximum Gasteiger partial charge on any atom is 0.236 e. The lowest BCUT2D eigenvalue weighted by Gasteiger charge is -2.39. The number of aryl methyl sites for hydroxylation is 1. The van der Waals surface area contributed by atoms with Gasteiger partial charge < -0.3 is 4.90 Å². The highest BCUT2D eigenvalue weighted by atomic mass is 32.1. The van der Waals surface area contributed by atoms with Gasteiger partial charge in [-0.25, -0.2) is 0 Å². The van der Waals surface area contributed by atoms with Crippen molar-refractivity contribution in [2.24, 2.45) is 0 Å². The number of piperidine rings is 1. The second-order valence-electron chi connectivity index (χ2n) is 8.41. The Balaban J connectivity index is 1.26. The molecule has 2 aromatic rings. The predicted molar refractivity (Wildman–Crippen MR) is 116 cm³/mol. The van der Waals surface area contributed by atoms with Crippen LogP contribution in [-0.4, -0.2) is 76.0 Å². The molecule has 4 rings (SSSR count). The normalized spacial score (nSPS) is 22.6. The Bertz CT molecular complexity index is 786. The average molecular weight is 414 g/mol. The maximum absolute atomic E-state index is 12.9. The zero-order valence-corrected chi connectivity index (χ0v) is 18.3. The molecule has 2 aliphatic heterocycles. The number of rotatable bonds is 5. The van der Waals surface area contributed by atoms with Gasteiger partial charge in [-0.2, -0.15) is 0 Å². The van der Waals surface area contributed by atoms with Gasteiger partial charge in [0.25, 0.3) is 0 Å². The highest BCUT2D eigenvalue weighted by molar-refractivity contribution is 7.03. The van der Waals surface area contributed by atoms with Crippen LogP contribution < -0.4 is 0 Å². The molecule has 0 saturated carbocycles. The van der Waals surface area contributed by atoms with Crippen molar-refractivity contribution in [2.45, 2.75) is 38.6 Å². The van der Waals surface area contributed by atoms with Gasteiger partial charge in [0.2, 0.25) is 5.91 Å². The largest absolute Gasteiger partial charge is 0.341 e. The summed E-state index contributed by atoms with van der Waals surface area (Å²) in [4.78, 5) is 19.8. The average Bonchev–Trinajstić information content (AvgIpc) is 3.29. The number of piperazine rings is 1. The molecule has 0 aliphatic carbocycles. The summed E-state index contributed by atoms with van der Waals surface area (Å²) < 4.78 is 3.98. The van der Waals surface area contributed by atoms with Gasteiger partial charge in [0, 0.05) is 56.6 Å². The Hall–Kier alpha value is -1.83. The zero-order valence-electron chi connectivity index (χ0n) is 17.5. The van der Waals surface area contributed by atoms with Crippen LogP contribution in [0.1, 0.15) is 48.5 Å². The topological polar surface area (TPSA) is 52.6 Å². The van der Waals surface area contributed by atoms with Crippen molar-refractivity contribution in [3.8, 4) is 0 Å². The minimum absolute atomic E-state index is 0.262. The summed E-state index contributed by atoms with van der Waals surface area (Å²) in [7, 11) is 0. The van der Waals surface area contributed by atoms with Crippen molar-refractivity contribution in [3.63, 3.8) is 0 Å². The van der Waals surface area contributed by atoms with Gasteiger partial charge in [-0.3, -0.25) is 14.6 Å². The van der Waals surface area contributed by atoms with E-state index in [4.69, 9.17) is 0 Å². The first-order valence-corrected chi connectivity index (χ1v) is 11.5. The Morgan fingerprint density at radius 3 is 2.62 bits per heavy atom. The van der Waals surface area contributed by atoms with Crippen LogP contribution in [0.15, 0.2) is 29.6 Å². The summed E-state index contributed by atoms with van der Waals surface area (Å²) in [6.45, 7) is 10.5. The molecule has 1 aromatic heterocycles.